The molecule has 0 unspecified atom stereocenters. The Hall–Kier alpha value is -0.320. The van der Waals surface area contributed by atoms with Crippen molar-refractivity contribution in [3.63, 3.8) is 0 Å². The topological polar surface area (TPSA) is 62.0 Å². The van der Waals surface area contributed by atoms with E-state index in [2.05, 4.69) is 20.9 Å². The SMILES string of the molecule is N[C@@H](CO)c1c[nH]cc1Br. The molecule has 0 aliphatic rings. The third-order valence-corrected chi connectivity index (χ3v) is 2.01. The number of nitrogens with one attached hydrogen (secondary N) is 1. The second kappa shape index (κ2) is 3.18. The van der Waals surface area contributed by atoms with Gasteiger partial charge in [-0.15, -0.1) is 0 Å². The van der Waals surface area contributed by atoms with Gasteiger partial charge in [-0.2, -0.15) is 0 Å². The fourth-order valence-electron chi connectivity index (χ4n) is 0.739. The molecule has 4 N–H and O–H groups in total. The van der Waals surface area contributed by atoms with Gasteiger partial charge in [0.15, 0.2) is 0 Å². The molecule has 0 aliphatic heterocycles. The second-order valence-electron chi connectivity index (χ2n) is 2.05. The molecule has 0 aliphatic carbocycles. The standard InChI is InChI=1S/C6H9BrN2O/c7-5-2-9-1-4(5)6(8)3-10/h1-2,6,9-10H,3,8H2/t6-/m0/s1. The fourth-order valence-corrected chi connectivity index (χ4v) is 1.28. The predicted octanol–water partition coefficient (Wildman–Crippen LogP) is 0.769. The van der Waals surface area contributed by atoms with Gasteiger partial charge >= 0.3 is 0 Å². The zero-order valence-electron chi connectivity index (χ0n) is 5.34. The number of aromatic nitrogens is 1. The van der Waals surface area contributed by atoms with Crippen molar-refractivity contribution in [1.82, 2.24) is 4.98 Å². The molecular weight excluding hydrogens is 196 g/mol. The van der Waals surface area contributed by atoms with Crippen molar-refractivity contribution >= 4 is 15.9 Å². The molecule has 1 rings (SSSR count). The fraction of sp³-hybridized carbons (Fsp3) is 0.333. The van der Waals surface area contributed by atoms with Crippen LogP contribution in [0.25, 0.3) is 0 Å². The molecule has 1 atom stereocenters. The van der Waals surface area contributed by atoms with E-state index in [1.165, 1.54) is 0 Å². The molecular formula is C6H9BrN2O. The predicted molar refractivity (Wildman–Crippen MR) is 42.5 cm³/mol. The van der Waals surface area contributed by atoms with Crippen LogP contribution in [0.15, 0.2) is 16.9 Å². The lowest BCUT2D eigenvalue weighted by molar-refractivity contribution is 0.268. The quantitative estimate of drug-likeness (QED) is 0.667. The van der Waals surface area contributed by atoms with Crippen molar-refractivity contribution in [3.05, 3.63) is 22.4 Å². The van der Waals surface area contributed by atoms with Crippen LogP contribution >= 0.6 is 15.9 Å². The minimum absolute atomic E-state index is 0.0313. The van der Waals surface area contributed by atoms with Crippen molar-refractivity contribution in [2.24, 2.45) is 5.73 Å². The third kappa shape index (κ3) is 1.39. The maximum Gasteiger partial charge on any atom is 0.0625 e. The average Bonchev–Trinajstić information content (AvgIpc) is 2.34. The Morgan fingerprint density at radius 1 is 1.70 bits per heavy atom. The molecule has 0 aromatic carbocycles. The van der Waals surface area contributed by atoms with E-state index < -0.39 is 0 Å². The highest BCUT2D eigenvalue weighted by molar-refractivity contribution is 9.10. The molecule has 1 heterocycles. The smallest absolute Gasteiger partial charge is 0.0625 e. The number of hydrogen-bond acceptors (Lipinski definition) is 2. The highest BCUT2D eigenvalue weighted by Crippen LogP contribution is 2.20. The Labute approximate surface area is 67.4 Å². The summed E-state index contributed by atoms with van der Waals surface area (Å²) in [6.45, 7) is -0.0313. The van der Waals surface area contributed by atoms with Crippen molar-refractivity contribution in [3.8, 4) is 0 Å². The van der Waals surface area contributed by atoms with Crippen LogP contribution in [0.4, 0.5) is 0 Å². The van der Waals surface area contributed by atoms with Gasteiger partial charge in [-0.3, -0.25) is 0 Å². The summed E-state index contributed by atoms with van der Waals surface area (Å²) in [6, 6.07) is -0.291. The Kier molecular flexibility index (Phi) is 2.48. The third-order valence-electron chi connectivity index (χ3n) is 1.32. The highest BCUT2D eigenvalue weighted by Gasteiger charge is 2.07. The molecule has 0 saturated heterocycles. The Bertz CT molecular complexity index is 211. The van der Waals surface area contributed by atoms with Gasteiger partial charge in [-0.25, -0.2) is 0 Å². The zero-order valence-corrected chi connectivity index (χ0v) is 6.93. The number of aliphatic hydroxyl groups is 1. The minimum atomic E-state index is -0.291. The number of rotatable bonds is 2. The van der Waals surface area contributed by atoms with E-state index in [4.69, 9.17) is 10.8 Å². The van der Waals surface area contributed by atoms with Gasteiger partial charge in [0.25, 0.3) is 0 Å². The summed E-state index contributed by atoms with van der Waals surface area (Å²) >= 11 is 3.29. The monoisotopic (exact) mass is 204 g/mol. The maximum atomic E-state index is 8.67. The summed E-state index contributed by atoms with van der Waals surface area (Å²) in [7, 11) is 0. The second-order valence-corrected chi connectivity index (χ2v) is 2.90. The highest BCUT2D eigenvalue weighted by atomic mass is 79.9. The van der Waals surface area contributed by atoms with Gasteiger partial charge in [0.05, 0.1) is 12.6 Å². The lowest BCUT2D eigenvalue weighted by Gasteiger charge is -2.04. The van der Waals surface area contributed by atoms with E-state index in [0.29, 0.717) is 0 Å². The Morgan fingerprint density at radius 3 is 2.80 bits per heavy atom. The first-order chi connectivity index (χ1) is 4.75. The van der Waals surface area contributed by atoms with E-state index in [1.807, 2.05) is 0 Å². The van der Waals surface area contributed by atoms with E-state index >= 15 is 0 Å². The molecule has 0 radical (unpaired) electrons. The van der Waals surface area contributed by atoms with Crippen LogP contribution in [-0.2, 0) is 0 Å². The van der Waals surface area contributed by atoms with Crippen LogP contribution in [0.2, 0.25) is 0 Å². The normalized spacial score (nSPS) is 13.5. The number of H-pyrrole nitrogens is 1. The number of halogens is 1. The summed E-state index contributed by atoms with van der Waals surface area (Å²) in [5.74, 6) is 0. The molecule has 56 valence electrons. The first kappa shape index (κ1) is 7.78. The van der Waals surface area contributed by atoms with Crippen LogP contribution in [0, 0.1) is 0 Å². The largest absolute Gasteiger partial charge is 0.394 e. The number of hydrogen-bond donors (Lipinski definition) is 3. The molecule has 3 nitrogen and oxygen atoms in total. The molecule has 10 heavy (non-hydrogen) atoms. The van der Waals surface area contributed by atoms with Crippen LogP contribution in [0.1, 0.15) is 11.6 Å². The summed E-state index contributed by atoms with van der Waals surface area (Å²) in [4.78, 5) is 2.88. The van der Waals surface area contributed by atoms with Crippen molar-refractivity contribution in [2.75, 3.05) is 6.61 Å². The van der Waals surface area contributed by atoms with Gasteiger partial charge in [0.1, 0.15) is 0 Å². The Balaban J connectivity index is 2.82. The number of aliphatic hydroxyl groups excluding tert-OH is 1. The lowest BCUT2D eigenvalue weighted by Crippen LogP contribution is -2.13. The zero-order chi connectivity index (χ0) is 7.56. The Morgan fingerprint density at radius 2 is 2.40 bits per heavy atom. The lowest BCUT2D eigenvalue weighted by atomic mass is 10.2. The van der Waals surface area contributed by atoms with Crippen LogP contribution in [0.3, 0.4) is 0 Å². The van der Waals surface area contributed by atoms with Crippen LogP contribution in [-0.4, -0.2) is 16.7 Å². The molecule has 1 aromatic rings. The van der Waals surface area contributed by atoms with Gasteiger partial charge in [0, 0.05) is 22.4 Å². The van der Waals surface area contributed by atoms with E-state index in [1.54, 1.807) is 12.4 Å². The van der Waals surface area contributed by atoms with E-state index in [9.17, 15) is 0 Å². The van der Waals surface area contributed by atoms with Crippen molar-refractivity contribution < 1.29 is 5.11 Å². The maximum absolute atomic E-state index is 8.67. The molecule has 0 saturated carbocycles. The van der Waals surface area contributed by atoms with Gasteiger partial charge in [-0.1, -0.05) is 0 Å². The molecule has 0 amide bonds. The summed E-state index contributed by atoms with van der Waals surface area (Å²) in [5, 5.41) is 8.67. The minimum Gasteiger partial charge on any atom is -0.394 e. The van der Waals surface area contributed by atoms with Gasteiger partial charge in [-0.05, 0) is 15.9 Å². The van der Waals surface area contributed by atoms with Crippen molar-refractivity contribution in [1.29, 1.82) is 0 Å². The molecule has 0 fully saturated rings. The van der Waals surface area contributed by atoms with E-state index in [-0.39, 0.29) is 12.6 Å². The molecule has 4 heteroatoms. The van der Waals surface area contributed by atoms with Gasteiger partial charge in [0.2, 0.25) is 0 Å². The number of nitrogens with two attached hydrogens (primary N) is 1. The molecule has 0 bridgehead atoms. The first-order valence-corrected chi connectivity index (χ1v) is 3.73. The summed E-state index contributed by atoms with van der Waals surface area (Å²) in [6.07, 6.45) is 3.55. The average molecular weight is 205 g/mol. The summed E-state index contributed by atoms with van der Waals surface area (Å²) < 4.78 is 0.911. The molecule has 0 spiro atoms. The van der Waals surface area contributed by atoms with Crippen molar-refractivity contribution in [2.45, 2.75) is 6.04 Å². The van der Waals surface area contributed by atoms with Gasteiger partial charge < -0.3 is 15.8 Å². The first-order valence-electron chi connectivity index (χ1n) is 2.94. The van der Waals surface area contributed by atoms with Crippen LogP contribution < -0.4 is 5.73 Å². The number of aromatic amines is 1. The van der Waals surface area contributed by atoms with Crippen LogP contribution in [0.5, 0.6) is 0 Å². The summed E-state index contributed by atoms with van der Waals surface area (Å²) in [5.41, 5.74) is 6.44. The van der Waals surface area contributed by atoms with E-state index in [0.717, 1.165) is 10.0 Å². The molecule has 1 aromatic heterocycles.